The van der Waals surface area contributed by atoms with Crippen molar-refractivity contribution in [3.63, 3.8) is 0 Å². The van der Waals surface area contributed by atoms with Crippen LogP contribution in [0.2, 0.25) is 0 Å². The molecular weight excluding hydrogens is 230 g/mol. The van der Waals surface area contributed by atoms with E-state index in [2.05, 4.69) is 4.98 Å². The lowest BCUT2D eigenvalue weighted by Gasteiger charge is -2.17. The number of ether oxygens (including phenoxy) is 1. The molecule has 0 radical (unpaired) electrons. The van der Waals surface area contributed by atoms with Gasteiger partial charge in [0.2, 0.25) is 0 Å². The van der Waals surface area contributed by atoms with Crippen molar-refractivity contribution >= 4 is 11.8 Å². The molecule has 1 heterocycles. The van der Waals surface area contributed by atoms with Gasteiger partial charge in [0.05, 0.1) is 6.61 Å². The number of aromatic nitrogens is 1. The van der Waals surface area contributed by atoms with E-state index < -0.39 is 11.9 Å². The normalized spacial score (nSPS) is 12.3. The fourth-order valence-electron chi connectivity index (χ4n) is 1.75. The first-order valence-corrected chi connectivity index (χ1v) is 6.11. The van der Waals surface area contributed by atoms with Gasteiger partial charge in [0.25, 0.3) is 0 Å². The van der Waals surface area contributed by atoms with Crippen molar-refractivity contribution in [3.05, 3.63) is 29.6 Å². The summed E-state index contributed by atoms with van der Waals surface area (Å²) in [6.45, 7) is 7.47. The average molecular weight is 249 g/mol. The fourth-order valence-corrected chi connectivity index (χ4v) is 1.75. The zero-order valence-electron chi connectivity index (χ0n) is 11.3. The van der Waals surface area contributed by atoms with E-state index in [1.165, 1.54) is 0 Å². The van der Waals surface area contributed by atoms with Crippen LogP contribution in [0.1, 0.15) is 37.0 Å². The van der Waals surface area contributed by atoms with Crippen LogP contribution in [0.15, 0.2) is 18.2 Å². The summed E-state index contributed by atoms with van der Waals surface area (Å²) in [4.78, 5) is 28.3. The second-order valence-corrected chi connectivity index (χ2v) is 4.50. The third kappa shape index (κ3) is 3.39. The van der Waals surface area contributed by atoms with Crippen molar-refractivity contribution in [1.82, 2.24) is 4.98 Å². The van der Waals surface area contributed by atoms with Crippen molar-refractivity contribution in [2.45, 2.75) is 27.7 Å². The van der Waals surface area contributed by atoms with Crippen LogP contribution in [0.3, 0.4) is 0 Å². The van der Waals surface area contributed by atoms with Crippen LogP contribution in [0, 0.1) is 18.8 Å². The molecule has 18 heavy (non-hydrogen) atoms. The summed E-state index contributed by atoms with van der Waals surface area (Å²) in [6, 6.07) is 5.20. The van der Waals surface area contributed by atoms with Crippen molar-refractivity contribution in [1.29, 1.82) is 0 Å². The molecule has 0 spiro atoms. The Kier molecular flexibility index (Phi) is 5.01. The van der Waals surface area contributed by atoms with Gasteiger partial charge in [0.15, 0.2) is 5.78 Å². The first-order chi connectivity index (χ1) is 8.47. The molecule has 1 rings (SSSR count). The Bertz CT molecular complexity index is 440. The lowest BCUT2D eigenvalue weighted by Crippen LogP contribution is -2.31. The van der Waals surface area contributed by atoms with Gasteiger partial charge < -0.3 is 4.74 Å². The third-order valence-corrected chi connectivity index (χ3v) is 2.63. The molecule has 0 N–H and O–H groups in total. The Morgan fingerprint density at radius 2 is 2.00 bits per heavy atom. The summed E-state index contributed by atoms with van der Waals surface area (Å²) in [5.41, 5.74) is 1.08. The number of ketones is 1. The summed E-state index contributed by atoms with van der Waals surface area (Å²) in [5, 5.41) is 0. The van der Waals surface area contributed by atoms with Crippen molar-refractivity contribution < 1.29 is 14.3 Å². The second-order valence-electron chi connectivity index (χ2n) is 4.50. The van der Waals surface area contributed by atoms with E-state index in [4.69, 9.17) is 4.74 Å². The van der Waals surface area contributed by atoms with Crippen molar-refractivity contribution in [2.75, 3.05) is 6.61 Å². The maximum absolute atomic E-state index is 12.3. The highest BCUT2D eigenvalue weighted by Crippen LogP contribution is 2.18. The quantitative estimate of drug-likeness (QED) is 0.457. The predicted molar refractivity (Wildman–Crippen MR) is 68.3 cm³/mol. The molecule has 0 saturated heterocycles. The first kappa shape index (κ1) is 14.4. The molecule has 0 aliphatic carbocycles. The molecule has 4 heteroatoms. The predicted octanol–water partition coefficient (Wildman–Crippen LogP) is 2.41. The maximum Gasteiger partial charge on any atom is 0.317 e. The molecule has 98 valence electrons. The maximum atomic E-state index is 12.3. The zero-order chi connectivity index (χ0) is 13.7. The van der Waals surface area contributed by atoms with E-state index in [0.717, 1.165) is 5.69 Å². The number of pyridine rings is 1. The van der Waals surface area contributed by atoms with Crippen LogP contribution in [0.4, 0.5) is 0 Å². The lowest BCUT2D eigenvalue weighted by atomic mass is 9.90. The number of Topliss-reactive ketones (excluding diaryl/α,β-unsaturated/α-hetero) is 1. The summed E-state index contributed by atoms with van der Waals surface area (Å²) in [6.07, 6.45) is 0. The number of carbonyl (C=O) groups excluding carboxylic acids is 2. The van der Waals surface area contributed by atoms with Crippen LogP contribution in [0.25, 0.3) is 0 Å². The first-order valence-electron chi connectivity index (χ1n) is 6.11. The number of hydrogen-bond acceptors (Lipinski definition) is 4. The number of hydrogen-bond donors (Lipinski definition) is 0. The molecule has 0 bridgehead atoms. The van der Waals surface area contributed by atoms with Gasteiger partial charge in [0, 0.05) is 5.69 Å². The van der Waals surface area contributed by atoms with Crippen LogP contribution >= 0.6 is 0 Å². The van der Waals surface area contributed by atoms with Gasteiger partial charge in [-0.2, -0.15) is 0 Å². The van der Waals surface area contributed by atoms with Gasteiger partial charge in [-0.05, 0) is 31.9 Å². The molecule has 1 aromatic rings. The standard InChI is InChI=1S/C14H19NO3/c1-5-18-14(17)12(9(2)3)13(16)11-8-6-7-10(4)15-11/h6-9,12H,5H2,1-4H3. The SMILES string of the molecule is CCOC(=O)C(C(=O)c1cccc(C)n1)C(C)C. The zero-order valence-corrected chi connectivity index (χ0v) is 11.3. The molecule has 0 aromatic carbocycles. The molecular formula is C14H19NO3. The molecule has 1 aromatic heterocycles. The van der Waals surface area contributed by atoms with E-state index >= 15 is 0 Å². The number of esters is 1. The van der Waals surface area contributed by atoms with Crippen LogP contribution < -0.4 is 0 Å². The van der Waals surface area contributed by atoms with Crippen molar-refractivity contribution in [2.24, 2.45) is 11.8 Å². The van der Waals surface area contributed by atoms with Gasteiger partial charge in [-0.15, -0.1) is 0 Å². The molecule has 4 nitrogen and oxygen atoms in total. The fraction of sp³-hybridized carbons (Fsp3) is 0.500. The van der Waals surface area contributed by atoms with Gasteiger partial charge in [0.1, 0.15) is 11.6 Å². The smallest absolute Gasteiger partial charge is 0.317 e. The average Bonchev–Trinajstić information content (AvgIpc) is 2.28. The van der Waals surface area contributed by atoms with E-state index in [-0.39, 0.29) is 18.3 Å². The highest BCUT2D eigenvalue weighted by Gasteiger charge is 2.32. The van der Waals surface area contributed by atoms with Crippen LogP contribution in [-0.4, -0.2) is 23.3 Å². The summed E-state index contributed by atoms with van der Waals surface area (Å²) in [7, 11) is 0. The minimum absolute atomic E-state index is 0.112. The third-order valence-electron chi connectivity index (χ3n) is 2.63. The molecule has 1 unspecified atom stereocenters. The largest absolute Gasteiger partial charge is 0.465 e. The molecule has 0 amide bonds. The number of nitrogens with zero attached hydrogens (tertiary/aromatic N) is 1. The lowest BCUT2D eigenvalue weighted by molar-refractivity contribution is -0.147. The van der Waals surface area contributed by atoms with E-state index in [9.17, 15) is 9.59 Å². The molecule has 0 fully saturated rings. The van der Waals surface area contributed by atoms with Crippen molar-refractivity contribution in [3.8, 4) is 0 Å². The topological polar surface area (TPSA) is 56.3 Å². The number of aryl methyl sites for hydroxylation is 1. The Morgan fingerprint density at radius 1 is 1.33 bits per heavy atom. The summed E-state index contributed by atoms with van der Waals surface area (Å²) < 4.78 is 4.95. The van der Waals surface area contributed by atoms with Crippen LogP contribution in [-0.2, 0) is 9.53 Å². The molecule has 1 atom stereocenters. The summed E-state index contributed by atoms with van der Waals surface area (Å²) in [5.74, 6) is -1.63. The Balaban J connectivity index is 3.00. The second kappa shape index (κ2) is 6.28. The van der Waals surface area contributed by atoms with Gasteiger partial charge in [-0.25, -0.2) is 4.98 Å². The minimum Gasteiger partial charge on any atom is -0.465 e. The van der Waals surface area contributed by atoms with Gasteiger partial charge >= 0.3 is 5.97 Å². The van der Waals surface area contributed by atoms with Gasteiger partial charge in [-0.3, -0.25) is 9.59 Å². The van der Waals surface area contributed by atoms with Crippen LogP contribution in [0.5, 0.6) is 0 Å². The number of rotatable bonds is 5. The molecule has 0 aliphatic heterocycles. The van der Waals surface area contributed by atoms with Gasteiger partial charge in [-0.1, -0.05) is 19.9 Å². The Morgan fingerprint density at radius 3 is 2.50 bits per heavy atom. The highest BCUT2D eigenvalue weighted by molar-refractivity contribution is 6.07. The molecule has 0 saturated carbocycles. The minimum atomic E-state index is -0.778. The summed E-state index contributed by atoms with van der Waals surface area (Å²) >= 11 is 0. The van der Waals surface area contributed by atoms with E-state index in [0.29, 0.717) is 5.69 Å². The van der Waals surface area contributed by atoms with E-state index in [1.807, 2.05) is 26.8 Å². The number of carbonyl (C=O) groups is 2. The molecule has 0 aliphatic rings. The Hall–Kier alpha value is -1.71. The Labute approximate surface area is 107 Å². The highest BCUT2D eigenvalue weighted by atomic mass is 16.5. The monoisotopic (exact) mass is 249 g/mol. The van der Waals surface area contributed by atoms with E-state index in [1.54, 1.807) is 19.1 Å².